The summed E-state index contributed by atoms with van der Waals surface area (Å²) in [4.78, 5) is 12.8. The second kappa shape index (κ2) is 8.39. The third kappa shape index (κ3) is 4.05. The largest absolute Gasteiger partial charge is 0.463 e. The number of carbonyl (C=O) groups excluding carboxylic acids is 1. The van der Waals surface area contributed by atoms with Crippen LogP contribution in [0.3, 0.4) is 0 Å². The van der Waals surface area contributed by atoms with Gasteiger partial charge in [0.1, 0.15) is 11.4 Å². The second-order valence-electron chi connectivity index (χ2n) is 6.34. The highest BCUT2D eigenvalue weighted by atomic mass is 35.5. The normalized spacial score (nSPS) is 18.9. The summed E-state index contributed by atoms with van der Waals surface area (Å²) in [6.45, 7) is 1.66. The number of nitrogens with zero attached hydrogens (tertiary/aromatic N) is 2. The molecule has 1 saturated heterocycles. The van der Waals surface area contributed by atoms with Crippen molar-refractivity contribution in [3.05, 3.63) is 60.5 Å². The van der Waals surface area contributed by atoms with Crippen LogP contribution in [-0.2, 0) is 0 Å². The summed E-state index contributed by atoms with van der Waals surface area (Å²) in [7, 11) is 0. The number of nitrogens with one attached hydrogen (secondary N) is 2. The molecule has 3 heterocycles. The maximum absolute atomic E-state index is 12.8. The highest BCUT2D eigenvalue weighted by molar-refractivity contribution is 5.94. The molecule has 0 bridgehead atoms. The van der Waals surface area contributed by atoms with Gasteiger partial charge in [0.05, 0.1) is 18.1 Å². The summed E-state index contributed by atoms with van der Waals surface area (Å²) < 4.78 is 7.02. The van der Waals surface area contributed by atoms with Crippen LogP contribution in [0.2, 0.25) is 0 Å². The summed E-state index contributed by atoms with van der Waals surface area (Å²) in [5.41, 5.74) is 1.80. The molecule has 7 nitrogen and oxygen atoms in total. The number of aliphatic hydroxyl groups excluding tert-OH is 1. The standard InChI is InChI=1S/C19H20N4O3.ClH/c24-17-12-20-10-13(17)11-21-19(25)16-9-15(18-7-4-8-26-18)22-23(16)14-5-2-1-3-6-14;/h1-9,13,17,20,24H,10-12H2,(H,21,25);1H. The zero-order chi connectivity index (χ0) is 17.9. The minimum absolute atomic E-state index is 0. The molecule has 1 aliphatic heterocycles. The Balaban J connectivity index is 0.00000210. The maximum atomic E-state index is 12.8. The lowest BCUT2D eigenvalue weighted by molar-refractivity contribution is 0.0919. The number of benzene rings is 1. The molecule has 1 aliphatic rings. The van der Waals surface area contributed by atoms with E-state index >= 15 is 0 Å². The average Bonchev–Trinajstić information content (AvgIpc) is 3.41. The summed E-state index contributed by atoms with van der Waals surface area (Å²) in [5.74, 6) is 0.374. The Kier molecular flexibility index (Phi) is 5.95. The zero-order valence-electron chi connectivity index (χ0n) is 14.5. The van der Waals surface area contributed by atoms with E-state index in [0.717, 1.165) is 5.69 Å². The van der Waals surface area contributed by atoms with Crippen LogP contribution in [0.4, 0.5) is 0 Å². The van der Waals surface area contributed by atoms with E-state index in [2.05, 4.69) is 15.7 Å². The number of halogens is 1. The summed E-state index contributed by atoms with van der Waals surface area (Å²) in [6, 6.07) is 14.8. The fraction of sp³-hybridized carbons (Fsp3) is 0.263. The van der Waals surface area contributed by atoms with Gasteiger partial charge in [0.25, 0.3) is 5.91 Å². The van der Waals surface area contributed by atoms with Crippen LogP contribution in [0, 0.1) is 5.92 Å². The van der Waals surface area contributed by atoms with Crippen LogP contribution in [0.15, 0.2) is 59.2 Å². The molecule has 0 saturated carbocycles. The quantitative estimate of drug-likeness (QED) is 0.620. The lowest BCUT2D eigenvalue weighted by Crippen LogP contribution is -2.35. The van der Waals surface area contributed by atoms with Crippen LogP contribution in [0.5, 0.6) is 0 Å². The molecule has 8 heteroatoms. The number of para-hydroxylation sites is 1. The Morgan fingerprint density at radius 1 is 1.26 bits per heavy atom. The van der Waals surface area contributed by atoms with Gasteiger partial charge in [-0.05, 0) is 24.3 Å². The molecule has 142 valence electrons. The van der Waals surface area contributed by atoms with E-state index in [9.17, 15) is 9.90 Å². The molecule has 0 spiro atoms. The Morgan fingerprint density at radius 3 is 2.74 bits per heavy atom. The third-order valence-electron chi connectivity index (χ3n) is 4.55. The molecule has 2 unspecified atom stereocenters. The molecule has 2 aromatic heterocycles. The van der Waals surface area contributed by atoms with Gasteiger partial charge in [-0.15, -0.1) is 12.4 Å². The number of aliphatic hydroxyl groups is 1. The van der Waals surface area contributed by atoms with Crippen LogP contribution in [-0.4, -0.2) is 46.5 Å². The number of carbonyl (C=O) groups is 1. The summed E-state index contributed by atoms with van der Waals surface area (Å²) >= 11 is 0. The zero-order valence-corrected chi connectivity index (χ0v) is 15.4. The van der Waals surface area contributed by atoms with Crippen molar-refractivity contribution in [2.75, 3.05) is 19.6 Å². The maximum Gasteiger partial charge on any atom is 0.270 e. The molecule has 1 amide bonds. The van der Waals surface area contributed by atoms with E-state index in [1.54, 1.807) is 29.1 Å². The van der Waals surface area contributed by atoms with Crippen LogP contribution >= 0.6 is 12.4 Å². The van der Waals surface area contributed by atoms with Crippen LogP contribution in [0.1, 0.15) is 10.5 Å². The van der Waals surface area contributed by atoms with Gasteiger partial charge in [-0.2, -0.15) is 5.10 Å². The van der Waals surface area contributed by atoms with Gasteiger partial charge in [0, 0.05) is 31.6 Å². The predicted octanol–water partition coefficient (Wildman–Crippen LogP) is 1.86. The molecule has 3 N–H and O–H groups in total. The summed E-state index contributed by atoms with van der Waals surface area (Å²) in [6.07, 6.45) is 1.14. The van der Waals surface area contributed by atoms with Crippen molar-refractivity contribution >= 4 is 18.3 Å². The molecule has 4 rings (SSSR count). The van der Waals surface area contributed by atoms with E-state index in [-0.39, 0.29) is 24.2 Å². The van der Waals surface area contributed by atoms with E-state index in [0.29, 0.717) is 36.8 Å². The number of hydrogen-bond donors (Lipinski definition) is 3. The predicted molar refractivity (Wildman–Crippen MR) is 103 cm³/mol. The van der Waals surface area contributed by atoms with Crippen molar-refractivity contribution in [1.29, 1.82) is 0 Å². The van der Waals surface area contributed by atoms with Gasteiger partial charge in [-0.1, -0.05) is 18.2 Å². The van der Waals surface area contributed by atoms with Gasteiger partial charge in [0.15, 0.2) is 5.76 Å². The van der Waals surface area contributed by atoms with Crippen molar-refractivity contribution in [2.45, 2.75) is 6.10 Å². The highest BCUT2D eigenvalue weighted by Gasteiger charge is 2.26. The first-order chi connectivity index (χ1) is 12.7. The van der Waals surface area contributed by atoms with E-state index in [4.69, 9.17) is 4.42 Å². The first kappa shape index (κ1) is 19.2. The minimum Gasteiger partial charge on any atom is -0.463 e. The van der Waals surface area contributed by atoms with Gasteiger partial charge in [0.2, 0.25) is 0 Å². The third-order valence-corrected chi connectivity index (χ3v) is 4.55. The summed E-state index contributed by atoms with van der Waals surface area (Å²) in [5, 5.41) is 20.5. The second-order valence-corrected chi connectivity index (χ2v) is 6.34. The molecular weight excluding hydrogens is 368 g/mol. The molecule has 27 heavy (non-hydrogen) atoms. The number of furan rings is 1. The fourth-order valence-electron chi connectivity index (χ4n) is 3.10. The minimum atomic E-state index is -0.437. The Bertz CT molecular complexity index is 880. The number of β-amino-alcohol motifs (C(OH)–C–C–N with tert-alkyl or cyclic N) is 1. The van der Waals surface area contributed by atoms with E-state index < -0.39 is 6.10 Å². The molecule has 0 radical (unpaired) electrons. The van der Waals surface area contributed by atoms with Crippen molar-refractivity contribution in [3.8, 4) is 17.1 Å². The van der Waals surface area contributed by atoms with Gasteiger partial charge >= 0.3 is 0 Å². The molecule has 0 aliphatic carbocycles. The topological polar surface area (TPSA) is 92.3 Å². The van der Waals surface area contributed by atoms with Crippen LogP contribution in [0.25, 0.3) is 17.1 Å². The van der Waals surface area contributed by atoms with Crippen LogP contribution < -0.4 is 10.6 Å². The molecular formula is C19H21ClN4O3. The number of rotatable bonds is 5. The SMILES string of the molecule is Cl.O=C(NCC1CNCC1O)c1cc(-c2ccco2)nn1-c1ccccc1. The molecule has 1 fully saturated rings. The van der Waals surface area contributed by atoms with Gasteiger partial charge in [-0.3, -0.25) is 4.79 Å². The first-order valence-corrected chi connectivity index (χ1v) is 8.59. The molecule has 3 aromatic rings. The molecule has 1 aromatic carbocycles. The van der Waals surface area contributed by atoms with E-state index in [1.807, 2.05) is 30.3 Å². The first-order valence-electron chi connectivity index (χ1n) is 8.59. The van der Waals surface area contributed by atoms with Gasteiger partial charge in [-0.25, -0.2) is 4.68 Å². The Hall–Kier alpha value is -2.61. The van der Waals surface area contributed by atoms with Crippen molar-refractivity contribution in [2.24, 2.45) is 5.92 Å². The smallest absolute Gasteiger partial charge is 0.270 e. The van der Waals surface area contributed by atoms with Crippen molar-refractivity contribution in [1.82, 2.24) is 20.4 Å². The van der Waals surface area contributed by atoms with Gasteiger partial charge < -0.3 is 20.2 Å². The number of hydrogen-bond acceptors (Lipinski definition) is 5. The number of aromatic nitrogens is 2. The highest BCUT2D eigenvalue weighted by Crippen LogP contribution is 2.22. The lowest BCUT2D eigenvalue weighted by Gasteiger charge is -2.14. The number of amides is 1. The molecule has 2 atom stereocenters. The average molecular weight is 389 g/mol. The monoisotopic (exact) mass is 388 g/mol. The van der Waals surface area contributed by atoms with Crippen molar-refractivity contribution in [3.63, 3.8) is 0 Å². The van der Waals surface area contributed by atoms with E-state index in [1.165, 1.54) is 0 Å². The Morgan fingerprint density at radius 2 is 2.07 bits per heavy atom. The lowest BCUT2D eigenvalue weighted by atomic mass is 10.1. The Labute approximate surface area is 162 Å². The fourth-order valence-corrected chi connectivity index (χ4v) is 3.10. The van der Waals surface area contributed by atoms with Crippen molar-refractivity contribution < 1.29 is 14.3 Å².